The molecule has 0 unspecified atom stereocenters. The quantitative estimate of drug-likeness (QED) is 0.525. The van der Waals surface area contributed by atoms with Crippen molar-refractivity contribution in [1.82, 2.24) is 0 Å². The van der Waals surface area contributed by atoms with E-state index in [9.17, 15) is 0 Å². The van der Waals surface area contributed by atoms with Gasteiger partial charge >= 0.3 is 0 Å². The summed E-state index contributed by atoms with van der Waals surface area (Å²) in [5.41, 5.74) is 2.53. The van der Waals surface area contributed by atoms with Gasteiger partial charge < -0.3 is 0 Å². The lowest BCUT2D eigenvalue weighted by Crippen LogP contribution is -1.79. The third kappa shape index (κ3) is 2.96. The van der Waals surface area contributed by atoms with Crippen molar-refractivity contribution in [1.29, 1.82) is 5.26 Å². The van der Waals surface area contributed by atoms with Gasteiger partial charge in [-0.3, -0.25) is 0 Å². The minimum Gasteiger partial charge on any atom is -0.193 e. The molecule has 0 aliphatic rings. The Balaban J connectivity index is 2.79. The van der Waals surface area contributed by atoms with Crippen LogP contribution in [0, 0.1) is 25.2 Å². The Hall–Kier alpha value is -1.20. The van der Waals surface area contributed by atoms with Gasteiger partial charge in [-0.1, -0.05) is 29.5 Å². The van der Waals surface area contributed by atoms with Gasteiger partial charge in [-0.25, -0.2) is 0 Å². The van der Waals surface area contributed by atoms with Gasteiger partial charge in [0.15, 0.2) is 0 Å². The number of nitriles is 1. The number of hydrogen-bond acceptors (Lipinski definition) is 2. The zero-order valence-corrected chi connectivity index (χ0v) is 8.56. The Kier molecular flexibility index (Phi) is 3.60. The molecule has 0 amide bonds. The molecule has 1 aromatic carbocycles. The molecular weight excluding hydrogens is 178 g/mol. The maximum Gasteiger partial charge on any atom is 0.0917 e. The minimum atomic E-state index is 1.21. The largest absolute Gasteiger partial charge is 0.193 e. The van der Waals surface area contributed by atoms with Crippen LogP contribution < -0.4 is 0 Å². The van der Waals surface area contributed by atoms with Gasteiger partial charge in [0.05, 0.1) is 6.07 Å². The molecule has 2 heteroatoms. The molecule has 0 bridgehead atoms. The highest BCUT2D eigenvalue weighted by Crippen LogP contribution is 2.23. The predicted octanol–water partition coefficient (Wildman–Crippen LogP) is 3.43. The van der Waals surface area contributed by atoms with Crippen molar-refractivity contribution in [3.8, 4) is 6.07 Å². The van der Waals surface area contributed by atoms with Crippen molar-refractivity contribution >= 4 is 11.8 Å². The van der Waals surface area contributed by atoms with Crippen LogP contribution in [0.2, 0.25) is 0 Å². The van der Waals surface area contributed by atoms with Crippen LogP contribution in [-0.2, 0) is 0 Å². The molecule has 0 aliphatic heterocycles. The first-order chi connectivity index (χ1) is 6.24. The molecule has 0 N–H and O–H groups in total. The number of benzene rings is 1. The maximum absolute atomic E-state index is 8.31. The zero-order chi connectivity index (χ0) is 9.68. The van der Waals surface area contributed by atoms with E-state index in [1.54, 1.807) is 17.2 Å². The zero-order valence-electron chi connectivity index (χ0n) is 7.74. The fourth-order valence-corrected chi connectivity index (χ4v) is 1.74. The van der Waals surface area contributed by atoms with Crippen LogP contribution in [0.15, 0.2) is 34.6 Å². The Morgan fingerprint density at radius 3 is 2.77 bits per heavy atom. The molecule has 0 aromatic heterocycles. The first-order valence-electron chi connectivity index (χ1n) is 4.02. The fourth-order valence-electron chi connectivity index (χ4n) is 1.07. The van der Waals surface area contributed by atoms with Gasteiger partial charge in [-0.15, -0.1) is 0 Å². The predicted molar refractivity (Wildman–Crippen MR) is 56.5 cm³/mol. The van der Waals surface area contributed by atoms with Crippen molar-refractivity contribution in [2.75, 3.05) is 0 Å². The minimum absolute atomic E-state index is 1.21. The summed E-state index contributed by atoms with van der Waals surface area (Å²) < 4.78 is 0. The van der Waals surface area contributed by atoms with Crippen molar-refractivity contribution in [3.05, 3.63) is 40.8 Å². The second-order valence-corrected chi connectivity index (χ2v) is 3.77. The molecular formula is C11H11NS. The number of rotatable bonds is 2. The molecule has 0 saturated heterocycles. The van der Waals surface area contributed by atoms with Crippen LogP contribution in [0.1, 0.15) is 11.1 Å². The van der Waals surface area contributed by atoms with Gasteiger partial charge in [0.2, 0.25) is 0 Å². The van der Waals surface area contributed by atoms with Crippen LogP contribution in [0.4, 0.5) is 0 Å². The van der Waals surface area contributed by atoms with Crippen molar-refractivity contribution in [2.45, 2.75) is 18.7 Å². The van der Waals surface area contributed by atoms with E-state index in [0.29, 0.717) is 0 Å². The van der Waals surface area contributed by atoms with Crippen LogP contribution in [-0.4, -0.2) is 0 Å². The number of hydrogen-bond donors (Lipinski definition) is 0. The number of nitrogens with zero attached hydrogens (tertiary/aromatic N) is 1. The van der Waals surface area contributed by atoms with Crippen LogP contribution in [0.5, 0.6) is 0 Å². The molecule has 66 valence electrons. The molecule has 0 radical (unpaired) electrons. The topological polar surface area (TPSA) is 23.8 Å². The second kappa shape index (κ2) is 4.74. The summed E-state index contributed by atoms with van der Waals surface area (Å²) >= 11 is 1.58. The molecule has 1 nitrogen and oxygen atoms in total. The third-order valence-corrected chi connectivity index (χ3v) is 2.65. The van der Waals surface area contributed by atoms with Crippen molar-refractivity contribution < 1.29 is 0 Å². The normalized spacial score (nSPS) is 10.2. The lowest BCUT2D eigenvalue weighted by atomic mass is 10.2. The van der Waals surface area contributed by atoms with E-state index in [1.165, 1.54) is 22.1 Å². The number of aryl methyl sites for hydroxylation is 2. The van der Waals surface area contributed by atoms with Crippen molar-refractivity contribution in [3.63, 3.8) is 0 Å². The Bertz CT molecular complexity index is 361. The summed E-state index contributed by atoms with van der Waals surface area (Å²) in [5.74, 6) is 0. The molecule has 1 aromatic rings. The van der Waals surface area contributed by atoms with E-state index in [-0.39, 0.29) is 0 Å². The van der Waals surface area contributed by atoms with Crippen LogP contribution in [0.25, 0.3) is 0 Å². The summed E-state index contributed by atoms with van der Waals surface area (Å²) in [6.45, 7) is 4.15. The lowest BCUT2D eigenvalue weighted by molar-refractivity contribution is 1.27. The average molecular weight is 189 g/mol. The summed E-state index contributed by atoms with van der Waals surface area (Å²) in [7, 11) is 0. The molecule has 13 heavy (non-hydrogen) atoms. The molecule has 0 spiro atoms. The Labute approximate surface area is 83.1 Å². The van der Waals surface area contributed by atoms with E-state index in [2.05, 4.69) is 32.0 Å². The smallest absolute Gasteiger partial charge is 0.0917 e. The molecule has 0 atom stereocenters. The van der Waals surface area contributed by atoms with Gasteiger partial charge in [0, 0.05) is 11.0 Å². The first-order valence-corrected chi connectivity index (χ1v) is 4.90. The highest BCUT2D eigenvalue weighted by molar-refractivity contribution is 8.02. The summed E-state index contributed by atoms with van der Waals surface area (Å²) in [5, 5.41) is 10.1. The molecule has 0 aliphatic carbocycles. The SMILES string of the molecule is Cc1ccc(SC=CC#N)c(C)c1. The van der Waals surface area contributed by atoms with E-state index < -0.39 is 0 Å². The summed E-state index contributed by atoms with van der Waals surface area (Å²) in [6, 6.07) is 8.27. The fraction of sp³-hybridized carbons (Fsp3) is 0.182. The van der Waals surface area contributed by atoms with E-state index in [0.717, 1.165) is 0 Å². The van der Waals surface area contributed by atoms with E-state index >= 15 is 0 Å². The first kappa shape index (κ1) is 9.88. The standard InChI is InChI=1S/C11H11NS/c1-9-4-5-11(10(2)8-9)13-7-3-6-12/h3-5,7-8H,1-2H3. The van der Waals surface area contributed by atoms with Crippen LogP contribution in [0.3, 0.4) is 0 Å². The number of allylic oxidation sites excluding steroid dienone is 1. The average Bonchev–Trinajstić information content (AvgIpc) is 2.09. The highest BCUT2D eigenvalue weighted by Gasteiger charge is 1.95. The van der Waals surface area contributed by atoms with Gasteiger partial charge in [-0.2, -0.15) is 5.26 Å². The second-order valence-electron chi connectivity index (χ2n) is 2.82. The van der Waals surface area contributed by atoms with Crippen LogP contribution >= 0.6 is 11.8 Å². The number of thioether (sulfide) groups is 1. The lowest BCUT2D eigenvalue weighted by Gasteiger charge is -2.02. The maximum atomic E-state index is 8.31. The molecule has 0 fully saturated rings. The highest BCUT2D eigenvalue weighted by atomic mass is 32.2. The molecule has 1 rings (SSSR count). The van der Waals surface area contributed by atoms with Gasteiger partial charge in [0.25, 0.3) is 0 Å². The molecule has 0 saturated carbocycles. The van der Waals surface area contributed by atoms with Gasteiger partial charge in [0.1, 0.15) is 0 Å². The third-order valence-electron chi connectivity index (χ3n) is 1.67. The van der Waals surface area contributed by atoms with E-state index in [1.807, 2.05) is 6.07 Å². The van der Waals surface area contributed by atoms with E-state index in [4.69, 9.17) is 5.26 Å². The Morgan fingerprint density at radius 1 is 1.38 bits per heavy atom. The monoisotopic (exact) mass is 189 g/mol. The van der Waals surface area contributed by atoms with Crippen molar-refractivity contribution in [2.24, 2.45) is 0 Å². The summed E-state index contributed by atoms with van der Waals surface area (Å²) in [6.07, 6.45) is 1.49. The summed E-state index contributed by atoms with van der Waals surface area (Å²) in [4.78, 5) is 1.21. The van der Waals surface area contributed by atoms with Gasteiger partial charge in [-0.05, 0) is 30.9 Å². The Morgan fingerprint density at radius 2 is 2.15 bits per heavy atom. The molecule has 0 heterocycles.